The van der Waals surface area contributed by atoms with Crippen LogP contribution >= 0.6 is 11.3 Å². The number of nitrogens with one attached hydrogen (secondary N) is 2. The maximum atomic E-state index is 12.5. The number of amides is 2. The van der Waals surface area contributed by atoms with Crippen molar-refractivity contribution in [3.63, 3.8) is 0 Å². The van der Waals surface area contributed by atoms with Crippen molar-refractivity contribution in [3.05, 3.63) is 106 Å². The van der Waals surface area contributed by atoms with E-state index in [1.54, 1.807) is 36.4 Å². The summed E-state index contributed by atoms with van der Waals surface area (Å²) in [6.45, 7) is 2.25. The van der Waals surface area contributed by atoms with Crippen molar-refractivity contribution in [1.82, 2.24) is 5.32 Å². The third-order valence-corrected chi connectivity index (χ3v) is 5.85. The second kappa shape index (κ2) is 9.49. The highest BCUT2D eigenvalue weighted by atomic mass is 32.1. The van der Waals surface area contributed by atoms with Gasteiger partial charge in [-0.2, -0.15) is 11.3 Å². The van der Waals surface area contributed by atoms with Crippen molar-refractivity contribution in [3.8, 4) is 16.9 Å². The molecule has 0 atom stereocenters. The van der Waals surface area contributed by atoms with Gasteiger partial charge < -0.3 is 15.7 Å². The maximum absolute atomic E-state index is 12.5. The molecule has 0 fully saturated rings. The van der Waals surface area contributed by atoms with Crippen LogP contribution in [0.25, 0.3) is 11.1 Å². The number of anilines is 1. The minimum absolute atomic E-state index is 0.141. The van der Waals surface area contributed by atoms with Gasteiger partial charge in [0.25, 0.3) is 11.8 Å². The highest BCUT2D eigenvalue weighted by Gasteiger charge is 2.11. The van der Waals surface area contributed by atoms with E-state index in [2.05, 4.69) is 10.6 Å². The molecule has 0 aliphatic carbocycles. The van der Waals surface area contributed by atoms with E-state index in [9.17, 15) is 14.7 Å². The van der Waals surface area contributed by atoms with Crippen LogP contribution in [0.5, 0.6) is 5.75 Å². The van der Waals surface area contributed by atoms with Crippen molar-refractivity contribution >= 4 is 28.8 Å². The van der Waals surface area contributed by atoms with Gasteiger partial charge in [-0.25, -0.2) is 0 Å². The molecule has 0 spiro atoms. The van der Waals surface area contributed by atoms with Crippen LogP contribution in [0.15, 0.2) is 83.6 Å². The quantitative estimate of drug-likeness (QED) is 0.363. The lowest BCUT2D eigenvalue weighted by Crippen LogP contribution is -2.22. The minimum Gasteiger partial charge on any atom is -0.508 e. The molecule has 0 bridgehead atoms. The minimum atomic E-state index is -0.215. The molecule has 0 unspecified atom stereocenters. The average Bonchev–Trinajstić information content (AvgIpc) is 3.35. The lowest BCUT2D eigenvalue weighted by Gasteiger charge is -2.11. The fourth-order valence-corrected chi connectivity index (χ4v) is 3.98. The lowest BCUT2D eigenvalue weighted by molar-refractivity contribution is 0.0950. The summed E-state index contributed by atoms with van der Waals surface area (Å²) in [6.07, 6.45) is 0. The third kappa shape index (κ3) is 4.87. The Balaban J connectivity index is 1.46. The van der Waals surface area contributed by atoms with Crippen molar-refractivity contribution in [2.75, 3.05) is 5.32 Å². The number of thiophene rings is 1. The second-order valence-electron chi connectivity index (χ2n) is 7.38. The number of aromatic hydroxyl groups is 1. The standard InChI is InChI=1S/C26H22N2O3S/c1-17-6-11-22(28-26(31)21-12-13-32-16-21)14-23(17)18-7-9-19(10-8-18)25(30)27-15-20-4-2-3-5-24(20)29/h2-14,16,29H,15H2,1H3,(H,27,30)(H,28,31). The Hall–Kier alpha value is -3.90. The molecular formula is C26H22N2O3S. The van der Waals surface area contributed by atoms with Gasteiger partial charge in [-0.3, -0.25) is 9.59 Å². The molecular weight excluding hydrogens is 420 g/mol. The molecule has 160 valence electrons. The summed E-state index contributed by atoms with van der Waals surface area (Å²) < 4.78 is 0. The summed E-state index contributed by atoms with van der Waals surface area (Å²) >= 11 is 1.48. The summed E-state index contributed by atoms with van der Waals surface area (Å²) in [5.74, 6) is -0.199. The molecule has 1 heterocycles. The molecule has 3 aromatic carbocycles. The Morgan fingerprint density at radius 1 is 0.906 bits per heavy atom. The van der Waals surface area contributed by atoms with Crippen LogP contribution in [0.2, 0.25) is 0 Å². The third-order valence-electron chi connectivity index (χ3n) is 5.17. The smallest absolute Gasteiger partial charge is 0.256 e. The first-order chi connectivity index (χ1) is 15.5. The summed E-state index contributed by atoms with van der Waals surface area (Å²) in [4.78, 5) is 24.8. The number of carbonyl (C=O) groups excluding carboxylic acids is 2. The van der Waals surface area contributed by atoms with Gasteiger partial charge in [-0.15, -0.1) is 0 Å². The molecule has 32 heavy (non-hydrogen) atoms. The monoisotopic (exact) mass is 442 g/mol. The molecule has 4 rings (SSSR count). The van der Waals surface area contributed by atoms with E-state index in [1.165, 1.54) is 11.3 Å². The predicted molar refractivity (Wildman–Crippen MR) is 128 cm³/mol. The molecule has 3 N–H and O–H groups in total. The number of hydrogen-bond donors (Lipinski definition) is 3. The number of benzene rings is 3. The van der Waals surface area contributed by atoms with Gasteiger partial charge in [0.15, 0.2) is 0 Å². The van der Waals surface area contributed by atoms with Gasteiger partial charge in [-0.05, 0) is 65.4 Å². The average molecular weight is 443 g/mol. The normalized spacial score (nSPS) is 10.5. The zero-order valence-corrected chi connectivity index (χ0v) is 18.3. The molecule has 1 aromatic heterocycles. The Labute approximate surface area is 190 Å². The Kier molecular flexibility index (Phi) is 6.33. The molecule has 0 aliphatic heterocycles. The topological polar surface area (TPSA) is 78.4 Å². The van der Waals surface area contributed by atoms with Gasteiger partial charge in [0.2, 0.25) is 0 Å². The number of para-hydroxylation sites is 1. The van der Waals surface area contributed by atoms with Gasteiger partial charge >= 0.3 is 0 Å². The summed E-state index contributed by atoms with van der Waals surface area (Å²) in [7, 11) is 0. The number of rotatable bonds is 6. The van der Waals surface area contributed by atoms with E-state index < -0.39 is 0 Å². The van der Waals surface area contributed by atoms with E-state index in [1.807, 2.05) is 54.1 Å². The molecule has 0 saturated heterocycles. The van der Waals surface area contributed by atoms with Gasteiger partial charge in [0.05, 0.1) is 5.56 Å². The first-order valence-corrected chi connectivity index (χ1v) is 11.1. The zero-order chi connectivity index (χ0) is 22.5. The van der Waals surface area contributed by atoms with Crippen LogP contribution in [0, 0.1) is 6.92 Å². The van der Waals surface area contributed by atoms with Crippen LogP contribution in [0.4, 0.5) is 5.69 Å². The molecule has 4 aromatic rings. The van der Waals surface area contributed by atoms with Crippen molar-refractivity contribution in [2.45, 2.75) is 13.5 Å². The van der Waals surface area contributed by atoms with E-state index >= 15 is 0 Å². The number of phenols is 1. The fourth-order valence-electron chi connectivity index (χ4n) is 3.35. The fraction of sp³-hybridized carbons (Fsp3) is 0.0769. The SMILES string of the molecule is Cc1ccc(NC(=O)c2ccsc2)cc1-c1ccc(C(=O)NCc2ccccc2O)cc1. The predicted octanol–water partition coefficient (Wildman–Crippen LogP) is 5.61. The Bertz CT molecular complexity index is 1250. The molecule has 0 radical (unpaired) electrons. The highest BCUT2D eigenvalue weighted by molar-refractivity contribution is 7.08. The van der Waals surface area contributed by atoms with Crippen molar-refractivity contribution in [1.29, 1.82) is 0 Å². The second-order valence-corrected chi connectivity index (χ2v) is 8.16. The maximum Gasteiger partial charge on any atom is 0.256 e. The Morgan fingerprint density at radius 2 is 1.69 bits per heavy atom. The van der Waals surface area contributed by atoms with Crippen LogP contribution in [0.3, 0.4) is 0 Å². The summed E-state index contributed by atoms with van der Waals surface area (Å²) in [5, 5.41) is 19.3. The van der Waals surface area contributed by atoms with E-state index in [0.29, 0.717) is 22.4 Å². The zero-order valence-electron chi connectivity index (χ0n) is 17.5. The Morgan fingerprint density at radius 3 is 2.41 bits per heavy atom. The molecule has 5 nitrogen and oxygen atoms in total. The number of phenolic OH excluding ortho intramolecular Hbond substituents is 1. The van der Waals surface area contributed by atoms with Crippen LogP contribution < -0.4 is 10.6 Å². The largest absolute Gasteiger partial charge is 0.508 e. The molecule has 0 aliphatic rings. The lowest BCUT2D eigenvalue weighted by atomic mass is 9.98. The summed E-state index contributed by atoms with van der Waals surface area (Å²) in [6, 6.07) is 21.8. The number of aryl methyl sites for hydroxylation is 1. The molecule has 6 heteroatoms. The highest BCUT2D eigenvalue weighted by Crippen LogP contribution is 2.27. The van der Waals surface area contributed by atoms with Crippen molar-refractivity contribution < 1.29 is 14.7 Å². The van der Waals surface area contributed by atoms with Crippen molar-refractivity contribution in [2.24, 2.45) is 0 Å². The number of hydrogen-bond acceptors (Lipinski definition) is 4. The van der Waals surface area contributed by atoms with Crippen LogP contribution in [-0.2, 0) is 6.54 Å². The molecule has 0 saturated carbocycles. The first-order valence-electron chi connectivity index (χ1n) is 10.1. The van der Waals surface area contributed by atoms with E-state index in [0.717, 1.165) is 16.7 Å². The van der Waals surface area contributed by atoms with E-state index in [4.69, 9.17) is 0 Å². The first kappa shape index (κ1) is 21.3. The van der Waals surface area contributed by atoms with Gasteiger partial charge in [0, 0.05) is 28.7 Å². The van der Waals surface area contributed by atoms with Crippen LogP contribution in [0.1, 0.15) is 31.8 Å². The van der Waals surface area contributed by atoms with Gasteiger partial charge in [0.1, 0.15) is 5.75 Å². The van der Waals surface area contributed by atoms with Crippen LogP contribution in [-0.4, -0.2) is 16.9 Å². The summed E-state index contributed by atoms with van der Waals surface area (Å²) in [5.41, 5.74) is 5.54. The molecule has 2 amide bonds. The number of carbonyl (C=O) groups is 2. The van der Waals surface area contributed by atoms with E-state index in [-0.39, 0.29) is 24.1 Å². The van der Waals surface area contributed by atoms with Gasteiger partial charge in [-0.1, -0.05) is 36.4 Å².